The maximum Gasteiger partial charge on any atom is 0.435 e. The Hall–Kier alpha value is -3.29. The number of hydrogen-bond acceptors (Lipinski definition) is 3. The molecular formula is C20H18F3N3O2. The van der Waals surface area contributed by atoms with Crippen LogP contribution in [0.3, 0.4) is 0 Å². The number of hydrogen-bond donors (Lipinski definition) is 1. The average molecular weight is 389 g/mol. The van der Waals surface area contributed by atoms with Crippen LogP contribution in [0.15, 0.2) is 60.8 Å². The van der Waals surface area contributed by atoms with E-state index in [1.165, 1.54) is 7.05 Å². The van der Waals surface area contributed by atoms with E-state index in [4.69, 9.17) is 4.74 Å². The predicted molar refractivity (Wildman–Crippen MR) is 96.6 cm³/mol. The summed E-state index contributed by atoms with van der Waals surface area (Å²) < 4.78 is 45.5. The number of carbonyl (C=O) groups excluding carboxylic acids is 1. The number of amides is 1. The number of alkyl halides is 3. The van der Waals surface area contributed by atoms with E-state index in [1.54, 1.807) is 24.3 Å². The molecule has 1 amide bonds. The van der Waals surface area contributed by atoms with Crippen molar-refractivity contribution in [1.29, 1.82) is 0 Å². The monoisotopic (exact) mass is 389 g/mol. The van der Waals surface area contributed by atoms with Crippen LogP contribution >= 0.6 is 0 Å². The number of benzene rings is 2. The van der Waals surface area contributed by atoms with E-state index in [1.807, 2.05) is 30.3 Å². The van der Waals surface area contributed by atoms with Crippen molar-refractivity contribution >= 4 is 5.91 Å². The maximum absolute atomic E-state index is 13.0. The summed E-state index contributed by atoms with van der Waals surface area (Å²) in [5.74, 6) is -0.171. The second kappa shape index (κ2) is 8.16. The molecule has 0 spiro atoms. The van der Waals surface area contributed by atoms with Gasteiger partial charge in [-0.25, -0.2) is 0 Å². The number of carbonyl (C=O) groups is 1. The molecule has 8 heteroatoms. The number of aryl methyl sites for hydroxylation is 1. The summed E-state index contributed by atoms with van der Waals surface area (Å²) in [6, 6.07) is 16.7. The van der Waals surface area contributed by atoms with Crippen LogP contribution in [0.2, 0.25) is 0 Å². The number of nitrogens with zero attached hydrogens (tertiary/aromatic N) is 2. The molecule has 3 rings (SSSR count). The van der Waals surface area contributed by atoms with E-state index in [2.05, 4.69) is 10.4 Å². The molecule has 0 radical (unpaired) electrons. The van der Waals surface area contributed by atoms with Gasteiger partial charge < -0.3 is 10.1 Å². The molecule has 0 aliphatic carbocycles. The first kappa shape index (κ1) is 19.5. The van der Waals surface area contributed by atoms with Gasteiger partial charge in [0.2, 0.25) is 0 Å². The molecule has 0 bridgehead atoms. The Morgan fingerprint density at radius 1 is 1.07 bits per heavy atom. The van der Waals surface area contributed by atoms with Gasteiger partial charge in [0.15, 0.2) is 5.69 Å². The Morgan fingerprint density at radius 3 is 2.39 bits per heavy atom. The summed E-state index contributed by atoms with van der Waals surface area (Å²) >= 11 is 0. The molecule has 146 valence electrons. The van der Waals surface area contributed by atoms with Gasteiger partial charge in [-0.3, -0.25) is 9.48 Å². The third kappa shape index (κ3) is 4.91. The standard InChI is InChI=1S/C20H18F3N3O2/c1-26-12-17(18(25-26)20(21,22)23)19(27)24-11-14-7-9-16(10-8-14)28-13-15-5-3-2-4-6-15/h2-10,12H,11,13H2,1H3,(H,24,27). The van der Waals surface area contributed by atoms with E-state index in [9.17, 15) is 18.0 Å². The molecule has 1 heterocycles. The number of aromatic nitrogens is 2. The molecule has 0 saturated carbocycles. The quantitative estimate of drug-likeness (QED) is 0.695. The Kier molecular flexibility index (Phi) is 5.67. The third-order valence-electron chi connectivity index (χ3n) is 3.97. The van der Waals surface area contributed by atoms with Gasteiger partial charge in [0.25, 0.3) is 5.91 Å². The van der Waals surface area contributed by atoms with Crippen molar-refractivity contribution in [2.75, 3.05) is 0 Å². The van der Waals surface area contributed by atoms with Crippen molar-refractivity contribution < 1.29 is 22.7 Å². The lowest BCUT2D eigenvalue weighted by atomic mass is 10.2. The molecule has 0 atom stereocenters. The Morgan fingerprint density at radius 2 is 1.75 bits per heavy atom. The summed E-state index contributed by atoms with van der Waals surface area (Å²) in [5.41, 5.74) is 0.0728. The average Bonchev–Trinajstić information content (AvgIpc) is 3.08. The van der Waals surface area contributed by atoms with Crippen LogP contribution in [0.1, 0.15) is 27.2 Å². The molecule has 3 aromatic rings. The van der Waals surface area contributed by atoms with E-state index in [0.29, 0.717) is 12.4 Å². The van der Waals surface area contributed by atoms with Crippen LogP contribution < -0.4 is 10.1 Å². The topological polar surface area (TPSA) is 56.2 Å². The highest BCUT2D eigenvalue weighted by atomic mass is 19.4. The van der Waals surface area contributed by atoms with Crippen LogP contribution in [-0.4, -0.2) is 15.7 Å². The smallest absolute Gasteiger partial charge is 0.435 e. The Labute approximate surface area is 159 Å². The summed E-state index contributed by atoms with van der Waals surface area (Å²) in [4.78, 5) is 12.1. The molecule has 0 saturated heterocycles. The molecule has 0 fully saturated rings. The summed E-state index contributed by atoms with van der Waals surface area (Å²) in [5, 5.41) is 5.81. The molecule has 1 aromatic heterocycles. The number of halogens is 3. The van der Waals surface area contributed by atoms with E-state index < -0.39 is 23.3 Å². The zero-order valence-corrected chi connectivity index (χ0v) is 15.0. The maximum atomic E-state index is 13.0. The lowest BCUT2D eigenvalue weighted by molar-refractivity contribution is -0.141. The van der Waals surface area contributed by atoms with Gasteiger partial charge in [-0.2, -0.15) is 18.3 Å². The largest absolute Gasteiger partial charge is 0.489 e. The van der Waals surface area contributed by atoms with Gasteiger partial charge >= 0.3 is 6.18 Å². The van der Waals surface area contributed by atoms with Crippen LogP contribution in [0.5, 0.6) is 5.75 Å². The minimum Gasteiger partial charge on any atom is -0.489 e. The highest BCUT2D eigenvalue weighted by molar-refractivity contribution is 5.95. The normalized spacial score (nSPS) is 11.3. The van der Waals surface area contributed by atoms with E-state index in [0.717, 1.165) is 22.0 Å². The minimum atomic E-state index is -4.69. The molecule has 0 aliphatic rings. The highest BCUT2D eigenvalue weighted by Gasteiger charge is 2.38. The molecule has 1 N–H and O–H groups in total. The number of nitrogens with one attached hydrogen (secondary N) is 1. The second-order valence-electron chi connectivity index (χ2n) is 6.16. The van der Waals surface area contributed by atoms with Crippen molar-refractivity contribution in [2.24, 2.45) is 7.05 Å². The molecule has 2 aromatic carbocycles. The van der Waals surface area contributed by atoms with Gasteiger partial charge in [-0.15, -0.1) is 0 Å². The fourth-order valence-corrected chi connectivity index (χ4v) is 2.59. The lowest BCUT2D eigenvalue weighted by Crippen LogP contribution is -2.25. The predicted octanol–water partition coefficient (Wildman–Crippen LogP) is 3.95. The zero-order chi connectivity index (χ0) is 20.1. The van der Waals surface area contributed by atoms with Gasteiger partial charge in [-0.05, 0) is 23.3 Å². The van der Waals surface area contributed by atoms with Crippen molar-refractivity contribution in [3.05, 3.63) is 83.2 Å². The van der Waals surface area contributed by atoms with Crippen molar-refractivity contribution in [1.82, 2.24) is 15.1 Å². The molecular weight excluding hydrogens is 371 g/mol. The Balaban J connectivity index is 1.57. The van der Waals surface area contributed by atoms with Crippen LogP contribution in [0, 0.1) is 0 Å². The van der Waals surface area contributed by atoms with Crippen LogP contribution in [0.4, 0.5) is 13.2 Å². The fraction of sp³-hybridized carbons (Fsp3) is 0.200. The molecule has 0 unspecified atom stereocenters. The van der Waals surface area contributed by atoms with E-state index >= 15 is 0 Å². The number of ether oxygens (including phenoxy) is 1. The van der Waals surface area contributed by atoms with Crippen LogP contribution in [0.25, 0.3) is 0 Å². The van der Waals surface area contributed by atoms with Crippen LogP contribution in [-0.2, 0) is 26.4 Å². The van der Waals surface area contributed by atoms with Gasteiger partial charge in [-0.1, -0.05) is 42.5 Å². The molecule has 0 aliphatic heterocycles. The van der Waals surface area contributed by atoms with Crippen molar-refractivity contribution in [3.63, 3.8) is 0 Å². The van der Waals surface area contributed by atoms with Gasteiger partial charge in [0, 0.05) is 19.8 Å². The summed E-state index contributed by atoms with van der Waals surface area (Å²) in [6.07, 6.45) is -3.63. The third-order valence-corrected chi connectivity index (χ3v) is 3.97. The van der Waals surface area contributed by atoms with Gasteiger partial charge in [0.1, 0.15) is 12.4 Å². The highest BCUT2D eigenvalue weighted by Crippen LogP contribution is 2.30. The second-order valence-corrected chi connectivity index (χ2v) is 6.16. The van der Waals surface area contributed by atoms with Gasteiger partial charge in [0.05, 0.1) is 5.56 Å². The molecule has 5 nitrogen and oxygen atoms in total. The molecule has 28 heavy (non-hydrogen) atoms. The first-order valence-corrected chi connectivity index (χ1v) is 8.47. The Bertz CT molecular complexity index is 936. The lowest BCUT2D eigenvalue weighted by Gasteiger charge is -2.09. The first-order valence-electron chi connectivity index (χ1n) is 8.47. The SMILES string of the molecule is Cn1cc(C(=O)NCc2ccc(OCc3ccccc3)cc2)c(C(F)(F)F)n1. The zero-order valence-electron chi connectivity index (χ0n) is 15.0. The fourth-order valence-electron chi connectivity index (χ4n) is 2.59. The minimum absolute atomic E-state index is 0.0873. The van der Waals surface area contributed by atoms with Crippen molar-refractivity contribution in [2.45, 2.75) is 19.3 Å². The summed E-state index contributed by atoms with van der Waals surface area (Å²) in [6.45, 7) is 0.516. The van der Waals surface area contributed by atoms with Crippen molar-refractivity contribution in [3.8, 4) is 5.75 Å². The first-order chi connectivity index (χ1) is 13.3. The van der Waals surface area contributed by atoms with E-state index in [-0.39, 0.29) is 6.54 Å². The number of rotatable bonds is 6. The summed E-state index contributed by atoms with van der Waals surface area (Å²) in [7, 11) is 1.33.